The van der Waals surface area contributed by atoms with Crippen LogP contribution in [0.5, 0.6) is 0 Å². The van der Waals surface area contributed by atoms with Gasteiger partial charge in [-0.25, -0.2) is 13.2 Å². The second-order valence-electron chi connectivity index (χ2n) is 8.25. The molecule has 8 heteroatoms. The highest BCUT2D eigenvalue weighted by Gasteiger charge is 2.51. The Morgan fingerprint density at radius 3 is 2.13 bits per heavy atom. The fourth-order valence-electron chi connectivity index (χ4n) is 4.80. The first-order valence-corrected chi connectivity index (χ1v) is 12.0. The Kier molecular flexibility index (Phi) is 6.11. The summed E-state index contributed by atoms with van der Waals surface area (Å²) in [5, 5.41) is 12.3. The number of aliphatic carboxylic acids is 1. The van der Waals surface area contributed by atoms with Gasteiger partial charge in [-0.05, 0) is 49.3 Å². The molecule has 31 heavy (non-hydrogen) atoms. The predicted molar refractivity (Wildman–Crippen MR) is 115 cm³/mol. The molecule has 164 valence electrons. The SMILES string of the molecule is O=C(N[C@@H](Cc1ccccc1)C(=O)O)C1C2CCC(CC2)N1S(=O)(=O)c1ccccc1. The van der Waals surface area contributed by atoms with E-state index >= 15 is 0 Å². The van der Waals surface area contributed by atoms with Crippen molar-refractivity contribution in [3.63, 3.8) is 0 Å². The zero-order valence-electron chi connectivity index (χ0n) is 17.1. The number of carbonyl (C=O) groups is 2. The third-order valence-corrected chi connectivity index (χ3v) is 8.25. The van der Waals surface area contributed by atoms with E-state index in [1.165, 1.54) is 16.4 Å². The van der Waals surface area contributed by atoms with E-state index in [2.05, 4.69) is 5.32 Å². The van der Waals surface area contributed by atoms with Crippen LogP contribution in [-0.2, 0) is 26.0 Å². The van der Waals surface area contributed by atoms with Crippen molar-refractivity contribution in [2.45, 2.75) is 55.1 Å². The van der Waals surface area contributed by atoms with Gasteiger partial charge in [-0.1, -0.05) is 48.5 Å². The van der Waals surface area contributed by atoms with Gasteiger partial charge in [0.05, 0.1) is 4.90 Å². The summed E-state index contributed by atoms with van der Waals surface area (Å²) < 4.78 is 28.2. The first kappa shape index (κ1) is 21.5. The molecule has 2 atom stereocenters. The number of sulfonamides is 1. The lowest BCUT2D eigenvalue weighted by Crippen LogP contribution is -2.63. The first-order valence-electron chi connectivity index (χ1n) is 10.5. The topological polar surface area (TPSA) is 104 Å². The average molecular weight is 443 g/mol. The molecule has 1 amide bonds. The zero-order chi connectivity index (χ0) is 22.0. The van der Waals surface area contributed by atoms with Crippen LogP contribution in [0.3, 0.4) is 0 Å². The lowest BCUT2D eigenvalue weighted by molar-refractivity contribution is -0.143. The second-order valence-corrected chi connectivity index (χ2v) is 10.1. The number of carboxylic acid groups (broad SMARTS) is 1. The van der Waals surface area contributed by atoms with Crippen LogP contribution in [0.4, 0.5) is 0 Å². The van der Waals surface area contributed by atoms with Crippen molar-refractivity contribution in [1.29, 1.82) is 0 Å². The van der Waals surface area contributed by atoms with Crippen molar-refractivity contribution in [3.05, 3.63) is 66.2 Å². The molecule has 1 saturated carbocycles. The lowest BCUT2D eigenvalue weighted by Gasteiger charge is -2.49. The Bertz CT molecular complexity index is 1030. The summed E-state index contributed by atoms with van der Waals surface area (Å²) in [5.41, 5.74) is 0.786. The van der Waals surface area contributed by atoms with Crippen molar-refractivity contribution < 1.29 is 23.1 Å². The molecule has 2 heterocycles. The molecule has 2 bridgehead atoms. The normalized spacial score (nSPS) is 24.5. The van der Waals surface area contributed by atoms with Crippen LogP contribution in [0.15, 0.2) is 65.6 Å². The van der Waals surface area contributed by atoms with Gasteiger partial charge < -0.3 is 10.4 Å². The molecule has 5 rings (SSSR count). The van der Waals surface area contributed by atoms with Crippen molar-refractivity contribution in [1.82, 2.24) is 9.62 Å². The molecular formula is C23H26N2O5S. The van der Waals surface area contributed by atoms with Crippen LogP contribution in [-0.4, -0.2) is 47.8 Å². The van der Waals surface area contributed by atoms with E-state index in [9.17, 15) is 23.1 Å². The highest BCUT2D eigenvalue weighted by atomic mass is 32.2. The van der Waals surface area contributed by atoms with Crippen LogP contribution in [0.1, 0.15) is 31.2 Å². The van der Waals surface area contributed by atoms with E-state index in [1.54, 1.807) is 30.3 Å². The van der Waals surface area contributed by atoms with E-state index in [-0.39, 0.29) is 23.3 Å². The Morgan fingerprint density at radius 1 is 0.968 bits per heavy atom. The fraction of sp³-hybridized carbons (Fsp3) is 0.391. The molecule has 2 aromatic carbocycles. The maximum atomic E-state index is 13.4. The highest BCUT2D eigenvalue weighted by molar-refractivity contribution is 7.89. The van der Waals surface area contributed by atoms with Gasteiger partial charge in [0, 0.05) is 12.5 Å². The lowest BCUT2D eigenvalue weighted by atomic mass is 9.76. The number of piperidine rings is 2. The standard InChI is InChI=1S/C23H26N2O5S/c26-22(24-20(23(27)28)15-16-7-3-1-4-8-16)21-17-11-13-18(14-12-17)25(21)31(29,30)19-9-5-2-6-10-19/h1-10,17-18,20-21H,11-15H2,(H,24,26)(H,27,28)/t17?,18?,20-,21?/m0/s1. The molecule has 2 aromatic rings. The average Bonchev–Trinajstić information content (AvgIpc) is 2.80. The third kappa shape index (κ3) is 4.36. The molecule has 0 radical (unpaired) electrons. The predicted octanol–water partition coefficient (Wildman–Crippen LogP) is 2.43. The molecule has 3 aliphatic rings. The maximum absolute atomic E-state index is 13.4. The first-order chi connectivity index (χ1) is 14.9. The summed E-state index contributed by atoms with van der Waals surface area (Å²) in [6, 6.07) is 14.9. The highest BCUT2D eigenvalue weighted by Crippen LogP contribution is 2.42. The van der Waals surface area contributed by atoms with Gasteiger partial charge in [-0.2, -0.15) is 4.31 Å². The molecule has 0 spiro atoms. The number of hydrogen-bond acceptors (Lipinski definition) is 4. The molecule has 2 aliphatic heterocycles. The van der Waals surface area contributed by atoms with E-state index in [0.717, 1.165) is 18.4 Å². The summed E-state index contributed by atoms with van der Waals surface area (Å²) in [4.78, 5) is 25.3. The quantitative estimate of drug-likeness (QED) is 0.685. The van der Waals surface area contributed by atoms with Crippen molar-refractivity contribution in [2.24, 2.45) is 5.92 Å². The van der Waals surface area contributed by atoms with Crippen molar-refractivity contribution in [2.75, 3.05) is 0 Å². The third-order valence-electron chi connectivity index (χ3n) is 6.31. The molecule has 3 fully saturated rings. The minimum absolute atomic E-state index is 0.116. The summed E-state index contributed by atoms with van der Waals surface area (Å²) in [6.07, 6.45) is 3.09. The fourth-order valence-corrected chi connectivity index (χ4v) is 6.72. The second kappa shape index (κ2) is 8.80. The number of carboxylic acids is 1. The van der Waals surface area contributed by atoms with E-state index in [1.807, 2.05) is 18.2 Å². The van der Waals surface area contributed by atoms with E-state index in [4.69, 9.17) is 0 Å². The zero-order valence-corrected chi connectivity index (χ0v) is 17.9. The monoisotopic (exact) mass is 442 g/mol. The maximum Gasteiger partial charge on any atom is 0.326 e. The Balaban J connectivity index is 1.61. The molecule has 0 aromatic heterocycles. The number of fused-ring (bicyclic) bond motifs is 3. The number of nitrogens with one attached hydrogen (secondary N) is 1. The number of nitrogens with zero attached hydrogens (tertiary/aromatic N) is 1. The largest absolute Gasteiger partial charge is 0.480 e. The number of amides is 1. The summed E-state index contributed by atoms with van der Waals surface area (Å²) >= 11 is 0. The smallest absolute Gasteiger partial charge is 0.326 e. The van der Waals surface area contributed by atoms with E-state index in [0.29, 0.717) is 12.8 Å². The minimum atomic E-state index is -3.88. The molecular weight excluding hydrogens is 416 g/mol. The minimum Gasteiger partial charge on any atom is -0.480 e. The Morgan fingerprint density at radius 2 is 1.55 bits per heavy atom. The van der Waals surface area contributed by atoms with Gasteiger partial charge in [0.15, 0.2) is 0 Å². The van der Waals surface area contributed by atoms with Crippen LogP contribution in [0, 0.1) is 5.92 Å². The molecule has 2 saturated heterocycles. The number of benzene rings is 2. The molecule has 1 unspecified atom stereocenters. The van der Waals surface area contributed by atoms with E-state index < -0.39 is 34.0 Å². The van der Waals surface area contributed by atoms with Crippen molar-refractivity contribution >= 4 is 21.9 Å². The molecule has 1 aliphatic carbocycles. The summed E-state index contributed by atoms with van der Waals surface area (Å²) in [5.74, 6) is -1.79. The van der Waals surface area contributed by atoms with Crippen molar-refractivity contribution in [3.8, 4) is 0 Å². The van der Waals surface area contributed by atoms with Crippen LogP contribution in [0.2, 0.25) is 0 Å². The molecule has 2 N–H and O–H groups in total. The van der Waals surface area contributed by atoms with Gasteiger partial charge in [0.25, 0.3) is 0 Å². The van der Waals surface area contributed by atoms with Crippen LogP contribution in [0.25, 0.3) is 0 Å². The van der Waals surface area contributed by atoms with Crippen LogP contribution >= 0.6 is 0 Å². The summed E-state index contributed by atoms with van der Waals surface area (Å²) in [6.45, 7) is 0. The molecule has 7 nitrogen and oxygen atoms in total. The summed E-state index contributed by atoms with van der Waals surface area (Å²) in [7, 11) is -3.88. The van der Waals surface area contributed by atoms with Gasteiger partial charge in [-0.3, -0.25) is 4.79 Å². The number of hydrogen-bond donors (Lipinski definition) is 2. The number of carbonyl (C=O) groups excluding carboxylic acids is 1. The van der Waals surface area contributed by atoms with Gasteiger partial charge in [-0.15, -0.1) is 0 Å². The van der Waals surface area contributed by atoms with Gasteiger partial charge in [0.1, 0.15) is 12.1 Å². The van der Waals surface area contributed by atoms with Gasteiger partial charge >= 0.3 is 5.97 Å². The number of rotatable bonds is 7. The van der Waals surface area contributed by atoms with Gasteiger partial charge in [0.2, 0.25) is 15.9 Å². The Hall–Kier alpha value is -2.71. The van der Waals surface area contributed by atoms with Crippen LogP contribution < -0.4 is 5.32 Å². The Labute approximate surface area is 182 Å².